The monoisotopic (exact) mass is 490 g/mol. The van der Waals surface area contributed by atoms with Gasteiger partial charge in [-0.2, -0.15) is 4.84 Å². The Labute approximate surface area is 205 Å². The number of hydrogen-bond acceptors (Lipinski definition) is 7. The SMILES string of the molecule is CCC(=O)NC(Cc1cnc(Cc2ccccc2)n1C(=O)[N+](C)(CCOC)OCCOC)C(N)=O. The fourth-order valence-corrected chi connectivity index (χ4v) is 3.45. The summed E-state index contributed by atoms with van der Waals surface area (Å²) in [5, 5.41) is 2.62. The largest absolute Gasteiger partial charge is 0.461 e. The first kappa shape index (κ1) is 28.1. The molecule has 0 aliphatic carbocycles. The van der Waals surface area contributed by atoms with Gasteiger partial charge in [-0.3, -0.25) is 9.59 Å². The zero-order valence-electron chi connectivity index (χ0n) is 20.9. The van der Waals surface area contributed by atoms with Gasteiger partial charge < -0.3 is 20.5 Å². The summed E-state index contributed by atoms with van der Waals surface area (Å²) in [6.07, 6.45) is 2.09. The Morgan fingerprint density at radius 2 is 1.80 bits per heavy atom. The summed E-state index contributed by atoms with van der Waals surface area (Å²) in [5.74, 6) is -0.553. The number of aromatic nitrogens is 2. The first-order chi connectivity index (χ1) is 16.8. The third kappa shape index (κ3) is 7.96. The lowest BCUT2D eigenvalue weighted by molar-refractivity contribution is -1.03. The van der Waals surface area contributed by atoms with Crippen molar-refractivity contribution in [3.8, 4) is 0 Å². The van der Waals surface area contributed by atoms with Gasteiger partial charge in [0.05, 0.1) is 18.9 Å². The van der Waals surface area contributed by atoms with E-state index in [1.807, 2.05) is 30.3 Å². The lowest BCUT2D eigenvalue weighted by Crippen LogP contribution is -2.54. The minimum absolute atomic E-state index is 0.00302. The van der Waals surface area contributed by atoms with Gasteiger partial charge in [-0.15, -0.1) is 0 Å². The van der Waals surface area contributed by atoms with E-state index in [2.05, 4.69) is 10.3 Å². The molecule has 2 atom stereocenters. The van der Waals surface area contributed by atoms with E-state index in [0.29, 0.717) is 24.5 Å². The van der Waals surface area contributed by atoms with Crippen molar-refractivity contribution in [3.63, 3.8) is 0 Å². The second-order valence-electron chi connectivity index (χ2n) is 8.17. The molecule has 35 heavy (non-hydrogen) atoms. The van der Waals surface area contributed by atoms with Crippen molar-refractivity contribution < 1.29 is 33.3 Å². The van der Waals surface area contributed by atoms with Crippen LogP contribution in [0, 0.1) is 0 Å². The summed E-state index contributed by atoms with van der Waals surface area (Å²) >= 11 is 0. The summed E-state index contributed by atoms with van der Waals surface area (Å²) < 4.78 is 11.3. The van der Waals surface area contributed by atoms with Crippen LogP contribution in [0.5, 0.6) is 0 Å². The molecule has 192 valence electrons. The normalized spacial score (nSPS) is 13.7. The summed E-state index contributed by atoms with van der Waals surface area (Å²) in [7, 11) is 4.73. The van der Waals surface area contributed by atoms with E-state index in [9.17, 15) is 14.4 Å². The molecule has 0 saturated carbocycles. The van der Waals surface area contributed by atoms with Gasteiger partial charge in [-0.05, 0) is 5.56 Å². The van der Waals surface area contributed by atoms with Crippen LogP contribution < -0.4 is 11.1 Å². The molecular formula is C24H36N5O6+. The van der Waals surface area contributed by atoms with E-state index in [1.165, 1.54) is 10.8 Å². The highest BCUT2D eigenvalue weighted by molar-refractivity contribution is 5.86. The van der Waals surface area contributed by atoms with Gasteiger partial charge in [-0.25, -0.2) is 14.3 Å². The third-order valence-electron chi connectivity index (χ3n) is 5.51. The molecule has 2 aromatic rings. The Hall–Kier alpha value is -3.12. The van der Waals surface area contributed by atoms with E-state index >= 15 is 0 Å². The molecule has 3 amide bonds. The maximum absolute atomic E-state index is 14.0. The number of amides is 3. The van der Waals surface area contributed by atoms with E-state index < -0.39 is 22.6 Å². The van der Waals surface area contributed by atoms with Crippen LogP contribution in [0.2, 0.25) is 0 Å². The first-order valence-electron chi connectivity index (χ1n) is 11.5. The number of nitrogens with zero attached hydrogens (tertiary/aromatic N) is 3. The predicted octanol–water partition coefficient (Wildman–Crippen LogP) is 1.04. The Bertz CT molecular complexity index is 980. The lowest BCUT2D eigenvalue weighted by atomic mass is 10.1. The standard InChI is InChI=1S/C24H35N5O6/c1-5-22(30)27-20(23(25)31)16-19-17-26-21(15-18-9-7-6-8-10-18)28(19)24(32)29(2,11-12-33-3)35-14-13-34-4/h6-10,17,20H,5,11-16H2,1-4H3,(H2-,25,27,30,31)/p+1. The molecule has 0 spiro atoms. The molecule has 2 rings (SSSR count). The number of nitrogens with two attached hydrogens (primary N) is 1. The number of imidazole rings is 1. The van der Waals surface area contributed by atoms with Gasteiger partial charge >= 0.3 is 6.03 Å². The molecule has 2 unspecified atom stereocenters. The van der Waals surface area contributed by atoms with E-state index in [-0.39, 0.29) is 38.5 Å². The van der Waals surface area contributed by atoms with Gasteiger partial charge in [0.15, 0.2) is 0 Å². The highest BCUT2D eigenvalue weighted by Crippen LogP contribution is 2.18. The minimum Gasteiger partial charge on any atom is -0.382 e. The molecule has 0 aliphatic heterocycles. The lowest BCUT2D eigenvalue weighted by Gasteiger charge is -2.29. The molecule has 11 nitrogen and oxygen atoms in total. The average molecular weight is 491 g/mol. The fourth-order valence-electron chi connectivity index (χ4n) is 3.45. The number of benzene rings is 1. The van der Waals surface area contributed by atoms with Crippen molar-refractivity contribution in [1.82, 2.24) is 14.9 Å². The summed E-state index contributed by atoms with van der Waals surface area (Å²) in [5.41, 5.74) is 6.93. The maximum atomic E-state index is 14.0. The first-order valence-corrected chi connectivity index (χ1v) is 11.5. The molecule has 0 radical (unpaired) electrons. The Morgan fingerprint density at radius 3 is 2.40 bits per heavy atom. The van der Waals surface area contributed by atoms with Crippen molar-refractivity contribution in [2.24, 2.45) is 5.73 Å². The van der Waals surface area contributed by atoms with Gasteiger partial charge in [0.1, 0.15) is 32.1 Å². The Kier molecular flexibility index (Phi) is 11.0. The van der Waals surface area contributed by atoms with Crippen molar-refractivity contribution in [1.29, 1.82) is 0 Å². The van der Waals surface area contributed by atoms with Crippen molar-refractivity contribution in [2.75, 3.05) is 47.6 Å². The molecule has 0 aliphatic rings. The van der Waals surface area contributed by atoms with Crippen LogP contribution >= 0.6 is 0 Å². The van der Waals surface area contributed by atoms with Crippen LogP contribution in [0.1, 0.15) is 30.4 Å². The number of primary amides is 1. The highest BCUT2D eigenvalue weighted by atomic mass is 16.7. The molecule has 0 fully saturated rings. The van der Waals surface area contributed by atoms with E-state index in [4.69, 9.17) is 20.0 Å². The molecular weight excluding hydrogens is 454 g/mol. The third-order valence-corrected chi connectivity index (χ3v) is 5.51. The highest BCUT2D eigenvalue weighted by Gasteiger charge is 2.39. The summed E-state index contributed by atoms with van der Waals surface area (Å²) in [6.45, 7) is 2.65. The molecule has 0 bridgehead atoms. The van der Waals surface area contributed by atoms with Crippen molar-refractivity contribution in [2.45, 2.75) is 32.2 Å². The number of nitrogens with one attached hydrogen (secondary N) is 1. The molecule has 1 aromatic carbocycles. The fraction of sp³-hybridized carbons (Fsp3) is 0.500. The zero-order valence-corrected chi connectivity index (χ0v) is 20.9. The minimum atomic E-state index is -0.998. The van der Waals surface area contributed by atoms with Crippen molar-refractivity contribution in [3.05, 3.63) is 53.6 Å². The second kappa shape index (κ2) is 13.7. The smallest absolute Gasteiger partial charge is 0.382 e. The number of hydroxylamine groups is 3. The van der Waals surface area contributed by atoms with E-state index in [1.54, 1.807) is 28.2 Å². The molecule has 11 heteroatoms. The topological polar surface area (TPSA) is 135 Å². The average Bonchev–Trinajstić information content (AvgIpc) is 3.23. The van der Waals surface area contributed by atoms with Gasteiger partial charge in [0.2, 0.25) is 11.8 Å². The molecule has 1 aromatic heterocycles. The van der Waals surface area contributed by atoms with Crippen LogP contribution in [-0.4, -0.2) is 85.7 Å². The molecule has 1 heterocycles. The Morgan fingerprint density at radius 1 is 1.11 bits per heavy atom. The van der Waals surface area contributed by atoms with E-state index in [0.717, 1.165) is 5.56 Å². The number of rotatable bonds is 14. The van der Waals surface area contributed by atoms with Crippen LogP contribution in [0.15, 0.2) is 36.5 Å². The van der Waals surface area contributed by atoms with Crippen molar-refractivity contribution >= 4 is 17.8 Å². The summed E-state index contributed by atoms with van der Waals surface area (Å²) in [4.78, 5) is 48.4. The second-order valence-corrected chi connectivity index (χ2v) is 8.17. The van der Waals surface area contributed by atoms with Gasteiger partial charge in [0.25, 0.3) is 0 Å². The number of methoxy groups -OCH3 is 2. The maximum Gasteiger partial charge on any atom is 0.461 e. The number of carbonyl (C=O) groups is 3. The quantitative estimate of drug-likeness (QED) is 0.229. The number of ether oxygens (including phenoxy) is 2. The van der Waals surface area contributed by atoms with Crippen LogP contribution in [-0.2, 0) is 36.7 Å². The number of hydrogen-bond donors (Lipinski definition) is 2. The molecule has 0 saturated heterocycles. The summed E-state index contributed by atoms with van der Waals surface area (Å²) in [6, 6.07) is 8.17. The van der Waals surface area contributed by atoms with Crippen LogP contribution in [0.4, 0.5) is 4.79 Å². The number of quaternary nitrogens is 1. The number of carbonyl (C=O) groups excluding carboxylic acids is 3. The van der Waals surface area contributed by atoms with Gasteiger partial charge in [-0.1, -0.05) is 41.9 Å². The molecule has 3 N–H and O–H groups in total. The Balaban J connectivity index is 2.50. The van der Waals surface area contributed by atoms with Gasteiger partial charge in [0, 0.05) is 39.7 Å². The van der Waals surface area contributed by atoms with Crippen LogP contribution in [0.3, 0.4) is 0 Å². The zero-order chi connectivity index (χ0) is 25.8. The number of likely N-dealkylation sites (N-methyl/N-ethyl adjacent to an activating group) is 1. The predicted molar refractivity (Wildman–Crippen MR) is 128 cm³/mol. The van der Waals surface area contributed by atoms with Crippen LogP contribution in [0.25, 0.3) is 0 Å².